The van der Waals surface area contributed by atoms with E-state index >= 15 is 0 Å². The summed E-state index contributed by atoms with van der Waals surface area (Å²) in [6.07, 6.45) is 4.70. The van der Waals surface area contributed by atoms with Crippen molar-refractivity contribution in [2.45, 2.75) is 19.4 Å². The predicted molar refractivity (Wildman–Crippen MR) is 79.2 cm³/mol. The van der Waals surface area contributed by atoms with Crippen LogP contribution >= 0.6 is 0 Å². The quantitative estimate of drug-likeness (QED) is 0.878. The minimum atomic E-state index is -0.0711. The van der Waals surface area contributed by atoms with Crippen molar-refractivity contribution in [2.75, 3.05) is 13.7 Å². The van der Waals surface area contributed by atoms with E-state index in [1.54, 1.807) is 7.11 Å². The lowest BCUT2D eigenvalue weighted by Crippen LogP contribution is -2.37. The average molecular weight is 272 g/mol. The molecule has 1 atom stereocenters. The maximum absolute atomic E-state index is 12.4. The highest BCUT2D eigenvalue weighted by Crippen LogP contribution is 2.15. The molecule has 1 aromatic heterocycles. The molecule has 0 saturated heterocycles. The molecule has 4 heteroatoms. The van der Waals surface area contributed by atoms with Gasteiger partial charge in [-0.3, -0.25) is 4.79 Å². The average Bonchev–Trinajstić information content (AvgIpc) is 3.00. The van der Waals surface area contributed by atoms with Crippen molar-refractivity contribution in [1.82, 2.24) is 9.88 Å². The number of carbonyl (C=O) groups excluding carboxylic acids is 1. The summed E-state index contributed by atoms with van der Waals surface area (Å²) in [6.45, 7) is 2.55. The van der Waals surface area contributed by atoms with Crippen molar-refractivity contribution < 1.29 is 9.53 Å². The number of nitrogens with one attached hydrogen (secondary N) is 1. The maximum atomic E-state index is 12.4. The number of ether oxygens (including phenoxy) is 1. The summed E-state index contributed by atoms with van der Waals surface area (Å²) in [5, 5.41) is 3.01. The van der Waals surface area contributed by atoms with E-state index in [1.807, 2.05) is 60.3 Å². The first-order valence-corrected chi connectivity index (χ1v) is 6.78. The third kappa shape index (κ3) is 3.27. The van der Waals surface area contributed by atoms with Gasteiger partial charge in [-0.2, -0.15) is 0 Å². The zero-order valence-corrected chi connectivity index (χ0v) is 11.9. The van der Waals surface area contributed by atoms with Gasteiger partial charge in [0.2, 0.25) is 0 Å². The van der Waals surface area contributed by atoms with E-state index in [-0.39, 0.29) is 11.9 Å². The molecular formula is C16H20N2O2. The second-order valence-corrected chi connectivity index (χ2v) is 4.64. The molecule has 4 nitrogen and oxygen atoms in total. The largest absolute Gasteiger partial charge is 0.383 e. The first kappa shape index (κ1) is 14.3. The molecule has 1 aromatic carbocycles. The van der Waals surface area contributed by atoms with Crippen LogP contribution < -0.4 is 5.32 Å². The standard InChI is InChI=1S/C16H20N2O2/c1-3-13(12-20-2)17-16(19)14-8-4-5-9-15(14)18-10-6-7-11-18/h4-11,13H,3,12H2,1-2H3,(H,17,19). The van der Waals surface area contributed by atoms with E-state index in [1.165, 1.54) is 0 Å². The predicted octanol–water partition coefficient (Wildman–Crippen LogP) is 2.63. The van der Waals surface area contributed by atoms with Crippen molar-refractivity contribution in [3.8, 4) is 5.69 Å². The first-order chi connectivity index (χ1) is 9.76. The highest BCUT2D eigenvalue weighted by Gasteiger charge is 2.15. The van der Waals surface area contributed by atoms with Gasteiger partial charge in [-0.1, -0.05) is 19.1 Å². The van der Waals surface area contributed by atoms with Gasteiger partial charge in [0.25, 0.3) is 5.91 Å². The second kappa shape index (κ2) is 6.91. The van der Waals surface area contributed by atoms with Crippen LogP contribution in [0.3, 0.4) is 0 Å². The molecule has 0 bridgehead atoms. The molecule has 1 amide bonds. The molecule has 2 rings (SSSR count). The monoisotopic (exact) mass is 272 g/mol. The van der Waals surface area contributed by atoms with E-state index in [2.05, 4.69) is 5.32 Å². The molecule has 0 spiro atoms. The van der Waals surface area contributed by atoms with Crippen LogP contribution in [0.2, 0.25) is 0 Å². The molecule has 1 unspecified atom stereocenters. The highest BCUT2D eigenvalue weighted by atomic mass is 16.5. The number of aromatic nitrogens is 1. The fraction of sp³-hybridized carbons (Fsp3) is 0.312. The van der Waals surface area contributed by atoms with Crippen LogP contribution in [0.1, 0.15) is 23.7 Å². The SMILES string of the molecule is CCC(COC)NC(=O)c1ccccc1-n1cccc1. The van der Waals surface area contributed by atoms with Crippen LogP contribution in [-0.2, 0) is 4.74 Å². The normalized spacial score (nSPS) is 12.1. The molecule has 0 aliphatic rings. The molecule has 2 aromatic rings. The summed E-state index contributed by atoms with van der Waals surface area (Å²) in [6, 6.07) is 11.5. The molecular weight excluding hydrogens is 252 g/mol. The number of benzene rings is 1. The zero-order valence-electron chi connectivity index (χ0n) is 11.9. The van der Waals surface area contributed by atoms with Crippen molar-refractivity contribution in [3.63, 3.8) is 0 Å². The van der Waals surface area contributed by atoms with Crippen molar-refractivity contribution >= 4 is 5.91 Å². The van der Waals surface area contributed by atoms with Gasteiger partial charge in [-0.25, -0.2) is 0 Å². The topological polar surface area (TPSA) is 43.3 Å². The Kier molecular flexibility index (Phi) is 4.96. The smallest absolute Gasteiger partial charge is 0.253 e. The molecule has 0 aliphatic carbocycles. The lowest BCUT2D eigenvalue weighted by molar-refractivity contribution is 0.0894. The van der Waals surface area contributed by atoms with Crippen LogP contribution in [0, 0.1) is 0 Å². The molecule has 20 heavy (non-hydrogen) atoms. The molecule has 0 saturated carbocycles. The van der Waals surface area contributed by atoms with Crippen LogP contribution in [0.15, 0.2) is 48.8 Å². The molecule has 0 radical (unpaired) electrons. The number of rotatable bonds is 6. The molecule has 1 N–H and O–H groups in total. The number of carbonyl (C=O) groups is 1. The minimum absolute atomic E-state index is 0.0326. The van der Waals surface area contributed by atoms with Gasteiger partial charge in [0, 0.05) is 19.5 Å². The van der Waals surface area contributed by atoms with Gasteiger partial charge in [-0.05, 0) is 30.7 Å². The zero-order chi connectivity index (χ0) is 14.4. The van der Waals surface area contributed by atoms with E-state index < -0.39 is 0 Å². The van der Waals surface area contributed by atoms with Gasteiger partial charge in [0.05, 0.1) is 23.9 Å². The third-order valence-corrected chi connectivity index (χ3v) is 3.23. The number of hydrogen-bond donors (Lipinski definition) is 1. The van der Waals surface area contributed by atoms with Gasteiger partial charge in [-0.15, -0.1) is 0 Å². The summed E-state index contributed by atoms with van der Waals surface area (Å²) in [5.74, 6) is -0.0711. The van der Waals surface area contributed by atoms with Crippen molar-refractivity contribution in [2.24, 2.45) is 0 Å². The Hall–Kier alpha value is -2.07. The highest BCUT2D eigenvalue weighted by molar-refractivity contribution is 5.98. The molecule has 106 valence electrons. The summed E-state index contributed by atoms with van der Waals surface area (Å²) in [5.41, 5.74) is 1.54. The Morgan fingerprint density at radius 1 is 1.25 bits per heavy atom. The van der Waals surface area contributed by atoms with Crippen LogP contribution in [0.5, 0.6) is 0 Å². The Labute approximate surface area is 119 Å². The van der Waals surface area contributed by atoms with Gasteiger partial charge < -0.3 is 14.6 Å². The maximum Gasteiger partial charge on any atom is 0.253 e. The van der Waals surface area contributed by atoms with E-state index in [4.69, 9.17) is 4.74 Å². The summed E-state index contributed by atoms with van der Waals surface area (Å²) in [7, 11) is 1.64. The van der Waals surface area contributed by atoms with Crippen LogP contribution in [0.25, 0.3) is 5.69 Å². The van der Waals surface area contributed by atoms with E-state index in [0.29, 0.717) is 12.2 Å². The Bertz CT molecular complexity index is 549. The third-order valence-electron chi connectivity index (χ3n) is 3.23. The van der Waals surface area contributed by atoms with Crippen LogP contribution in [-0.4, -0.2) is 30.2 Å². The number of hydrogen-bond acceptors (Lipinski definition) is 2. The fourth-order valence-corrected chi connectivity index (χ4v) is 2.11. The van der Waals surface area contributed by atoms with Gasteiger partial charge in [0.1, 0.15) is 0 Å². The van der Waals surface area contributed by atoms with Gasteiger partial charge in [0.15, 0.2) is 0 Å². The Balaban J connectivity index is 2.22. The Morgan fingerprint density at radius 2 is 1.95 bits per heavy atom. The second-order valence-electron chi connectivity index (χ2n) is 4.64. The van der Waals surface area contributed by atoms with E-state index in [0.717, 1.165) is 12.1 Å². The summed E-state index contributed by atoms with van der Waals surface area (Å²) >= 11 is 0. The van der Waals surface area contributed by atoms with Crippen molar-refractivity contribution in [3.05, 3.63) is 54.4 Å². The molecule has 0 fully saturated rings. The summed E-state index contributed by atoms with van der Waals surface area (Å²) in [4.78, 5) is 12.4. The number of amides is 1. The lowest BCUT2D eigenvalue weighted by Gasteiger charge is -2.17. The summed E-state index contributed by atoms with van der Waals surface area (Å²) < 4.78 is 7.05. The van der Waals surface area contributed by atoms with E-state index in [9.17, 15) is 4.79 Å². The minimum Gasteiger partial charge on any atom is -0.383 e. The number of methoxy groups -OCH3 is 1. The number of nitrogens with zero attached hydrogens (tertiary/aromatic N) is 1. The Morgan fingerprint density at radius 3 is 2.60 bits per heavy atom. The molecule has 0 aliphatic heterocycles. The van der Waals surface area contributed by atoms with Gasteiger partial charge >= 0.3 is 0 Å². The molecule has 1 heterocycles. The fourth-order valence-electron chi connectivity index (χ4n) is 2.11. The first-order valence-electron chi connectivity index (χ1n) is 6.78. The lowest BCUT2D eigenvalue weighted by atomic mass is 10.1. The van der Waals surface area contributed by atoms with Crippen molar-refractivity contribution in [1.29, 1.82) is 0 Å². The number of para-hydroxylation sites is 1. The van der Waals surface area contributed by atoms with Crippen LogP contribution in [0.4, 0.5) is 0 Å².